The summed E-state index contributed by atoms with van der Waals surface area (Å²) in [5.74, 6) is 1.49. The molecule has 0 saturated heterocycles. The first kappa shape index (κ1) is 14.1. The maximum atomic E-state index is 3.93. The van der Waals surface area contributed by atoms with E-state index in [4.69, 9.17) is 0 Å². The van der Waals surface area contributed by atoms with Gasteiger partial charge in [-0.15, -0.1) is 6.58 Å². The minimum Gasteiger partial charge on any atom is -0.103 e. The van der Waals surface area contributed by atoms with E-state index in [1.165, 1.54) is 47.9 Å². The molecule has 1 saturated carbocycles. The van der Waals surface area contributed by atoms with Gasteiger partial charge < -0.3 is 0 Å². The van der Waals surface area contributed by atoms with Gasteiger partial charge in [0.05, 0.1) is 0 Å². The molecule has 0 heteroatoms. The molecule has 0 N–H and O–H groups in total. The highest BCUT2D eigenvalue weighted by molar-refractivity contribution is 5.64. The largest absolute Gasteiger partial charge is 0.103 e. The van der Waals surface area contributed by atoms with Crippen molar-refractivity contribution in [3.8, 4) is 11.1 Å². The molecule has 0 aliphatic heterocycles. The molecular formula is C21H24. The lowest BCUT2D eigenvalue weighted by molar-refractivity contribution is 0.376. The summed E-state index contributed by atoms with van der Waals surface area (Å²) in [5, 5.41) is 0. The summed E-state index contributed by atoms with van der Waals surface area (Å²) < 4.78 is 0. The second kappa shape index (κ2) is 6.30. The number of hydrogen-bond donors (Lipinski definition) is 0. The third-order valence-corrected chi connectivity index (χ3v) is 4.87. The first-order chi connectivity index (χ1) is 10.3. The lowest BCUT2D eigenvalue weighted by atomic mass is 9.78. The average Bonchev–Trinajstić information content (AvgIpc) is 2.56. The Morgan fingerprint density at radius 3 is 1.86 bits per heavy atom. The van der Waals surface area contributed by atoms with Crippen molar-refractivity contribution in [1.29, 1.82) is 0 Å². The van der Waals surface area contributed by atoms with Crippen LogP contribution in [-0.2, 0) is 0 Å². The predicted octanol–water partition coefficient (Wildman–Crippen LogP) is 6.12. The van der Waals surface area contributed by atoms with E-state index in [2.05, 4.69) is 68.1 Å². The molecule has 1 fully saturated rings. The number of benzene rings is 2. The zero-order chi connectivity index (χ0) is 14.7. The smallest absolute Gasteiger partial charge is 0.0162 e. The fourth-order valence-corrected chi connectivity index (χ4v) is 3.38. The van der Waals surface area contributed by atoms with Gasteiger partial charge in [-0.25, -0.2) is 0 Å². The summed E-state index contributed by atoms with van der Waals surface area (Å²) in [6.07, 6.45) is 7.35. The summed E-state index contributed by atoms with van der Waals surface area (Å²) in [5.41, 5.74) is 5.45. The third-order valence-electron chi connectivity index (χ3n) is 4.87. The molecule has 1 aliphatic rings. The molecule has 2 aromatic rings. The fraction of sp³-hybridized carbons (Fsp3) is 0.333. The summed E-state index contributed by atoms with van der Waals surface area (Å²) in [4.78, 5) is 0. The van der Waals surface area contributed by atoms with Gasteiger partial charge in [-0.2, -0.15) is 0 Å². The van der Waals surface area contributed by atoms with E-state index in [0.29, 0.717) is 0 Å². The fourth-order valence-electron chi connectivity index (χ4n) is 3.38. The Morgan fingerprint density at radius 2 is 1.33 bits per heavy atom. The lowest BCUT2D eigenvalue weighted by Gasteiger charge is -2.27. The molecule has 108 valence electrons. The van der Waals surface area contributed by atoms with Crippen molar-refractivity contribution < 1.29 is 0 Å². The van der Waals surface area contributed by atoms with Crippen molar-refractivity contribution in [2.75, 3.05) is 0 Å². The van der Waals surface area contributed by atoms with Gasteiger partial charge in [0.2, 0.25) is 0 Å². The Morgan fingerprint density at radius 1 is 0.810 bits per heavy atom. The van der Waals surface area contributed by atoms with Crippen molar-refractivity contribution in [3.63, 3.8) is 0 Å². The van der Waals surface area contributed by atoms with Crippen molar-refractivity contribution in [1.82, 2.24) is 0 Å². The molecule has 0 aromatic heterocycles. The van der Waals surface area contributed by atoms with E-state index in [9.17, 15) is 0 Å². The first-order valence-corrected chi connectivity index (χ1v) is 8.06. The van der Waals surface area contributed by atoms with Crippen LogP contribution in [0, 0.1) is 12.8 Å². The monoisotopic (exact) mass is 276 g/mol. The van der Waals surface area contributed by atoms with Crippen LogP contribution >= 0.6 is 0 Å². The van der Waals surface area contributed by atoms with E-state index < -0.39 is 0 Å². The van der Waals surface area contributed by atoms with Crippen molar-refractivity contribution in [3.05, 3.63) is 72.3 Å². The Balaban J connectivity index is 1.72. The van der Waals surface area contributed by atoms with Crippen LogP contribution < -0.4 is 0 Å². The Kier molecular flexibility index (Phi) is 4.24. The standard InChI is InChI=1S/C21H24/c1-3-17-6-10-19(11-7-17)21-14-12-20(13-15-21)18-8-4-16(2)5-9-18/h3-5,8-9,12-15,17,19H,1,6-7,10-11H2,2H3. The van der Waals surface area contributed by atoms with E-state index in [0.717, 1.165) is 11.8 Å². The van der Waals surface area contributed by atoms with Crippen molar-refractivity contribution in [2.24, 2.45) is 5.92 Å². The summed E-state index contributed by atoms with van der Waals surface area (Å²) >= 11 is 0. The van der Waals surface area contributed by atoms with Crippen LogP contribution in [0.1, 0.15) is 42.7 Å². The van der Waals surface area contributed by atoms with E-state index in [1.54, 1.807) is 0 Å². The number of aryl methyl sites for hydroxylation is 1. The van der Waals surface area contributed by atoms with Gasteiger partial charge >= 0.3 is 0 Å². The number of allylic oxidation sites excluding steroid dienone is 1. The van der Waals surface area contributed by atoms with Gasteiger partial charge in [0.25, 0.3) is 0 Å². The molecule has 0 bridgehead atoms. The topological polar surface area (TPSA) is 0 Å². The zero-order valence-corrected chi connectivity index (χ0v) is 12.9. The first-order valence-electron chi connectivity index (χ1n) is 8.06. The quantitative estimate of drug-likeness (QED) is 0.592. The minimum absolute atomic E-state index is 0.744. The molecule has 0 spiro atoms. The Bertz CT molecular complexity index is 581. The molecule has 21 heavy (non-hydrogen) atoms. The van der Waals surface area contributed by atoms with Gasteiger partial charge in [-0.05, 0) is 61.1 Å². The van der Waals surface area contributed by atoms with Crippen LogP contribution in [0.2, 0.25) is 0 Å². The van der Waals surface area contributed by atoms with Crippen LogP contribution in [0.5, 0.6) is 0 Å². The molecule has 0 heterocycles. The molecule has 0 unspecified atom stereocenters. The highest BCUT2D eigenvalue weighted by atomic mass is 14.2. The van der Waals surface area contributed by atoms with Crippen LogP contribution in [0.4, 0.5) is 0 Å². The number of hydrogen-bond acceptors (Lipinski definition) is 0. The van der Waals surface area contributed by atoms with Gasteiger partial charge in [-0.1, -0.05) is 60.2 Å². The molecule has 0 amide bonds. The molecule has 0 nitrogen and oxygen atoms in total. The molecule has 0 atom stereocenters. The maximum Gasteiger partial charge on any atom is -0.0162 e. The second-order valence-electron chi connectivity index (χ2n) is 6.34. The Hall–Kier alpha value is -1.82. The highest BCUT2D eigenvalue weighted by Crippen LogP contribution is 2.36. The van der Waals surface area contributed by atoms with Crippen molar-refractivity contribution in [2.45, 2.75) is 38.5 Å². The molecule has 3 rings (SSSR count). The van der Waals surface area contributed by atoms with E-state index in [-0.39, 0.29) is 0 Å². The average molecular weight is 276 g/mol. The summed E-state index contributed by atoms with van der Waals surface area (Å²) in [6.45, 7) is 6.06. The number of rotatable bonds is 3. The Labute approximate surface area is 128 Å². The molecule has 2 aromatic carbocycles. The van der Waals surface area contributed by atoms with Crippen LogP contribution in [-0.4, -0.2) is 0 Å². The highest BCUT2D eigenvalue weighted by Gasteiger charge is 2.20. The van der Waals surface area contributed by atoms with E-state index >= 15 is 0 Å². The minimum atomic E-state index is 0.744. The lowest BCUT2D eigenvalue weighted by Crippen LogP contribution is -2.11. The van der Waals surface area contributed by atoms with Crippen molar-refractivity contribution >= 4 is 0 Å². The van der Waals surface area contributed by atoms with Gasteiger partial charge in [0.15, 0.2) is 0 Å². The second-order valence-corrected chi connectivity index (χ2v) is 6.34. The molecule has 0 radical (unpaired) electrons. The third kappa shape index (κ3) is 3.26. The normalized spacial score (nSPS) is 22.0. The molecule has 1 aliphatic carbocycles. The van der Waals surface area contributed by atoms with E-state index in [1.807, 2.05) is 0 Å². The zero-order valence-electron chi connectivity index (χ0n) is 12.9. The molecular weight excluding hydrogens is 252 g/mol. The van der Waals surface area contributed by atoms with Gasteiger partial charge in [0, 0.05) is 0 Å². The summed E-state index contributed by atoms with van der Waals surface area (Å²) in [6, 6.07) is 18.0. The van der Waals surface area contributed by atoms with Crippen LogP contribution in [0.25, 0.3) is 11.1 Å². The summed E-state index contributed by atoms with van der Waals surface area (Å²) in [7, 11) is 0. The van der Waals surface area contributed by atoms with Crippen LogP contribution in [0.3, 0.4) is 0 Å². The SMILES string of the molecule is C=CC1CCC(c2ccc(-c3ccc(C)cc3)cc2)CC1. The van der Waals surface area contributed by atoms with Crippen LogP contribution in [0.15, 0.2) is 61.2 Å². The van der Waals surface area contributed by atoms with Gasteiger partial charge in [-0.3, -0.25) is 0 Å². The van der Waals surface area contributed by atoms with Gasteiger partial charge in [0.1, 0.15) is 0 Å². The maximum absolute atomic E-state index is 3.93. The predicted molar refractivity (Wildman–Crippen MR) is 91.5 cm³/mol.